The van der Waals surface area contributed by atoms with Gasteiger partial charge in [0.2, 0.25) is 0 Å². The van der Waals surface area contributed by atoms with Gasteiger partial charge in [0.05, 0.1) is 25.4 Å². The van der Waals surface area contributed by atoms with Crippen molar-refractivity contribution in [3.63, 3.8) is 0 Å². The molecule has 27 heavy (non-hydrogen) atoms. The summed E-state index contributed by atoms with van der Waals surface area (Å²) >= 11 is 6.26. The molecule has 0 aliphatic carbocycles. The molecule has 2 aliphatic rings. The molecule has 4 rings (SSSR count). The van der Waals surface area contributed by atoms with Gasteiger partial charge in [0.1, 0.15) is 22.9 Å². The minimum atomic E-state index is -0.117. The number of aromatic nitrogens is 1. The van der Waals surface area contributed by atoms with E-state index in [9.17, 15) is 0 Å². The minimum absolute atomic E-state index is 0.115. The molecule has 6 nitrogen and oxygen atoms in total. The zero-order valence-electron chi connectivity index (χ0n) is 15.4. The van der Waals surface area contributed by atoms with Crippen LogP contribution in [0.3, 0.4) is 0 Å². The zero-order chi connectivity index (χ0) is 18.8. The molecule has 4 N–H and O–H groups in total. The van der Waals surface area contributed by atoms with Gasteiger partial charge < -0.3 is 30.6 Å². The summed E-state index contributed by atoms with van der Waals surface area (Å²) in [7, 11) is 3.77. The molecule has 1 aromatic carbocycles. The molecule has 0 spiro atoms. The van der Waals surface area contributed by atoms with Crippen LogP contribution in [-0.2, 0) is 6.54 Å². The molecule has 1 aromatic heterocycles. The number of methoxy groups -OCH3 is 1. The molecule has 142 valence electrons. The molecule has 7 heteroatoms. The van der Waals surface area contributed by atoms with Gasteiger partial charge in [0.15, 0.2) is 0 Å². The largest absolute Gasteiger partial charge is 0.497 e. The van der Waals surface area contributed by atoms with Crippen LogP contribution in [-0.4, -0.2) is 36.1 Å². The fourth-order valence-electron chi connectivity index (χ4n) is 3.45. The molecule has 0 amide bonds. The zero-order valence-corrected chi connectivity index (χ0v) is 16.2. The highest BCUT2D eigenvalue weighted by Crippen LogP contribution is 2.38. The van der Waals surface area contributed by atoms with Crippen molar-refractivity contribution in [2.45, 2.75) is 18.1 Å². The van der Waals surface area contributed by atoms with Crippen molar-refractivity contribution in [1.82, 2.24) is 15.2 Å². The summed E-state index contributed by atoms with van der Waals surface area (Å²) in [6.45, 7) is 1.44. The number of nitrogens with zero attached hydrogens (tertiary/aromatic N) is 1. The number of rotatable bonds is 5. The Morgan fingerprint density at radius 3 is 2.89 bits per heavy atom. The normalized spacial score (nSPS) is 21.0. The summed E-state index contributed by atoms with van der Waals surface area (Å²) in [5.74, 6) is 2.93. The predicted octanol–water partition coefficient (Wildman–Crippen LogP) is 3.60. The first-order chi connectivity index (χ1) is 13.2. The third kappa shape index (κ3) is 3.57. The van der Waals surface area contributed by atoms with E-state index in [2.05, 4.69) is 63.2 Å². The van der Waals surface area contributed by atoms with E-state index in [1.54, 1.807) is 7.11 Å². The predicted molar refractivity (Wildman–Crippen MR) is 110 cm³/mol. The number of allylic oxidation sites excluding steroid dienone is 2. The van der Waals surface area contributed by atoms with Gasteiger partial charge >= 0.3 is 0 Å². The molecule has 0 bridgehead atoms. The Morgan fingerprint density at radius 1 is 1.30 bits per heavy atom. The Morgan fingerprint density at radius 2 is 2.11 bits per heavy atom. The van der Waals surface area contributed by atoms with Gasteiger partial charge in [0.25, 0.3) is 0 Å². The SMILES string of the molecule is COc1ccc(CNC2=CC=CC(c3c[nH]c4c3NC(Cl)CN4)N2C)cc1. The quantitative estimate of drug-likeness (QED) is 0.468. The van der Waals surface area contributed by atoms with Gasteiger partial charge in [-0.3, -0.25) is 0 Å². The van der Waals surface area contributed by atoms with Crippen molar-refractivity contribution in [2.24, 2.45) is 0 Å². The lowest BCUT2D eigenvalue weighted by Gasteiger charge is -2.34. The number of likely N-dealkylation sites (N-methyl/N-ethyl adjacent to an activating group) is 1. The Bertz CT molecular complexity index is 858. The van der Waals surface area contributed by atoms with Gasteiger partial charge in [-0.05, 0) is 23.8 Å². The fourth-order valence-corrected chi connectivity index (χ4v) is 3.63. The molecular formula is C20H24ClN5O. The van der Waals surface area contributed by atoms with Crippen molar-refractivity contribution >= 4 is 23.1 Å². The molecular weight excluding hydrogens is 362 g/mol. The summed E-state index contributed by atoms with van der Waals surface area (Å²) < 4.78 is 5.22. The van der Waals surface area contributed by atoms with E-state index in [1.807, 2.05) is 18.3 Å². The van der Waals surface area contributed by atoms with Crippen LogP contribution in [0.4, 0.5) is 11.5 Å². The summed E-state index contributed by atoms with van der Waals surface area (Å²) in [4.78, 5) is 5.53. The Kier molecular flexibility index (Phi) is 4.90. The van der Waals surface area contributed by atoms with Crippen LogP contribution >= 0.6 is 11.6 Å². The maximum absolute atomic E-state index is 6.26. The molecule has 2 aliphatic heterocycles. The van der Waals surface area contributed by atoms with Crippen LogP contribution < -0.4 is 20.7 Å². The standard InChI is InChI=1S/C20H24ClN5O/c1-26-16(15-11-23-20-19(15)25-17(21)12-24-20)4-3-5-18(26)22-10-13-6-8-14(27-2)9-7-13/h3-9,11,16-17,22-25H,10,12H2,1-2H3. The lowest BCUT2D eigenvalue weighted by atomic mass is 10.0. The second-order valence-electron chi connectivity index (χ2n) is 6.68. The third-order valence-corrected chi connectivity index (χ3v) is 5.23. The number of hydrogen-bond donors (Lipinski definition) is 4. The van der Waals surface area contributed by atoms with Crippen molar-refractivity contribution in [3.8, 4) is 5.75 Å². The second kappa shape index (κ2) is 7.48. The van der Waals surface area contributed by atoms with Crippen molar-refractivity contribution in [2.75, 3.05) is 31.3 Å². The summed E-state index contributed by atoms with van der Waals surface area (Å²) in [6.07, 6.45) is 8.41. The number of H-pyrrole nitrogens is 1. The number of ether oxygens (including phenoxy) is 1. The Labute approximate surface area is 164 Å². The smallest absolute Gasteiger partial charge is 0.127 e. The topological polar surface area (TPSA) is 64.3 Å². The average Bonchev–Trinajstić information content (AvgIpc) is 3.10. The molecule has 0 radical (unpaired) electrons. The molecule has 2 aromatic rings. The molecule has 2 atom stereocenters. The van der Waals surface area contributed by atoms with Gasteiger partial charge in [0, 0.05) is 25.4 Å². The second-order valence-corrected chi connectivity index (χ2v) is 7.21. The maximum Gasteiger partial charge on any atom is 0.127 e. The lowest BCUT2D eigenvalue weighted by molar-refractivity contribution is 0.328. The van der Waals surface area contributed by atoms with E-state index in [4.69, 9.17) is 16.3 Å². The molecule has 0 saturated heterocycles. The fraction of sp³-hybridized carbons (Fsp3) is 0.300. The van der Waals surface area contributed by atoms with Gasteiger partial charge in [-0.1, -0.05) is 35.9 Å². The van der Waals surface area contributed by atoms with E-state index in [0.29, 0.717) is 6.54 Å². The van der Waals surface area contributed by atoms with Gasteiger partial charge in [-0.2, -0.15) is 0 Å². The minimum Gasteiger partial charge on any atom is -0.497 e. The highest BCUT2D eigenvalue weighted by Gasteiger charge is 2.27. The van der Waals surface area contributed by atoms with E-state index in [0.717, 1.165) is 29.6 Å². The average molecular weight is 386 g/mol. The van der Waals surface area contributed by atoms with E-state index in [1.165, 1.54) is 11.1 Å². The first kappa shape index (κ1) is 17.7. The van der Waals surface area contributed by atoms with Gasteiger partial charge in [-0.15, -0.1) is 0 Å². The molecule has 2 unspecified atom stereocenters. The first-order valence-electron chi connectivity index (χ1n) is 8.99. The molecule has 0 fully saturated rings. The number of benzene rings is 1. The van der Waals surface area contributed by atoms with Gasteiger partial charge in [-0.25, -0.2) is 0 Å². The van der Waals surface area contributed by atoms with E-state index >= 15 is 0 Å². The maximum atomic E-state index is 6.26. The van der Waals surface area contributed by atoms with Crippen LogP contribution in [0.2, 0.25) is 0 Å². The number of anilines is 2. The number of alkyl halides is 1. The number of nitrogens with one attached hydrogen (secondary N) is 4. The summed E-state index contributed by atoms with van der Waals surface area (Å²) in [6, 6.07) is 8.21. The monoisotopic (exact) mass is 385 g/mol. The lowest BCUT2D eigenvalue weighted by Crippen LogP contribution is -2.33. The third-order valence-electron chi connectivity index (χ3n) is 4.97. The van der Waals surface area contributed by atoms with Crippen molar-refractivity contribution < 1.29 is 4.74 Å². The Balaban J connectivity index is 1.46. The molecule has 0 saturated carbocycles. The van der Waals surface area contributed by atoms with Crippen LogP contribution in [0.5, 0.6) is 5.75 Å². The van der Waals surface area contributed by atoms with Crippen molar-refractivity contribution in [1.29, 1.82) is 0 Å². The Hall–Kier alpha value is -2.73. The van der Waals surface area contributed by atoms with Crippen LogP contribution in [0.1, 0.15) is 17.2 Å². The molecule has 3 heterocycles. The van der Waals surface area contributed by atoms with Crippen molar-refractivity contribution in [3.05, 3.63) is 65.6 Å². The summed E-state index contributed by atoms with van der Waals surface area (Å²) in [5, 5.41) is 10.2. The van der Waals surface area contributed by atoms with E-state index in [-0.39, 0.29) is 11.5 Å². The highest BCUT2D eigenvalue weighted by molar-refractivity contribution is 6.22. The highest BCUT2D eigenvalue weighted by atomic mass is 35.5. The number of fused-ring (bicyclic) bond motifs is 1. The number of aromatic amines is 1. The van der Waals surface area contributed by atoms with Crippen LogP contribution in [0, 0.1) is 0 Å². The van der Waals surface area contributed by atoms with Crippen LogP contribution in [0.25, 0.3) is 0 Å². The first-order valence-corrected chi connectivity index (χ1v) is 9.43. The number of halogens is 1. The van der Waals surface area contributed by atoms with E-state index < -0.39 is 0 Å². The number of hydrogen-bond acceptors (Lipinski definition) is 5. The summed E-state index contributed by atoms with van der Waals surface area (Å²) in [5.41, 5.74) is 3.29. The van der Waals surface area contributed by atoms with Crippen LogP contribution in [0.15, 0.2) is 54.5 Å².